The van der Waals surface area contributed by atoms with E-state index in [-0.39, 0.29) is 11.9 Å². The number of rotatable bonds is 4. The van der Waals surface area contributed by atoms with Crippen LogP contribution in [0.15, 0.2) is 28.7 Å². The average Bonchev–Trinajstić information content (AvgIpc) is 3.05. The highest BCUT2D eigenvalue weighted by Gasteiger charge is 2.23. The van der Waals surface area contributed by atoms with Crippen LogP contribution in [0.1, 0.15) is 29.3 Å². The first-order valence-electron chi connectivity index (χ1n) is 6.19. The fourth-order valence-electron chi connectivity index (χ4n) is 2.14. The van der Waals surface area contributed by atoms with E-state index in [2.05, 4.69) is 15.0 Å². The van der Waals surface area contributed by atoms with E-state index in [0.717, 1.165) is 17.0 Å². The number of furan rings is 1. The molecule has 3 aromatic rings. The van der Waals surface area contributed by atoms with Gasteiger partial charge in [0.25, 0.3) is 0 Å². The van der Waals surface area contributed by atoms with Gasteiger partial charge in [0, 0.05) is 5.39 Å². The molecule has 3 N–H and O–H groups in total. The molecule has 2 heterocycles. The fourth-order valence-corrected chi connectivity index (χ4v) is 2.95. The van der Waals surface area contributed by atoms with Crippen molar-refractivity contribution in [2.24, 2.45) is 5.84 Å². The van der Waals surface area contributed by atoms with Gasteiger partial charge in [-0.1, -0.05) is 11.4 Å². The van der Waals surface area contributed by atoms with Crippen LogP contribution in [-0.4, -0.2) is 9.59 Å². The molecule has 7 heteroatoms. The lowest BCUT2D eigenvalue weighted by atomic mass is 10.1. The third kappa shape index (κ3) is 2.20. The summed E-state index contributed by atoms with van der Waals surface area (Å²) in [5, 5.41) is 4.77. The second-order valence-corrected chi connectivity index (χ2v) is 5.15. The van der Waals surface area contributed by atoms with Gasteiger partial charge in [-0.15, -0.1) is 5.10 Å². The third-order valence-corrected chi connectivity index (χ3v) is 3.96. The zero-order valence-electron chi connectivity index (χ0n) is 10.8. The topological polar surface area (TPSA) is 77.0 Å². The minimum atomic E-state index is -0.333. The second kappa shape index (κ2) is 5.28. The number of hydrogen-bond acceptors (Lipinski definition) is 6. The lowest BCUT2D eigenvalue weighted by Crippen LogP contribution is -2.28. The molecular weight excluding hydrogens is 279 g/mol. The van der Waals surface area contributed by atoms with Crippen molar-refractivity contribution in [3.8, 4) is 0 Å². The predicted octanol–water partition coefficient (Wildman–Crippen LogP) is 2.54. The largest absolute Gasteiger partial charge is 0.459 e. The molecular formula is C13H13FN4OS. The van der Waals surface area contributed by atoms with E-state index in [1.807, 2.05) is 6.92 Å². The van der Waals surface area contributed by atoms with Crippen LogP contribution in [-0.2, 0) is 6.42 Å². The van der Waals surface area contributed by atoms with Gasteiger partial charge in [-0.05, 0) is 42.2 Å². The summed E-state index contributed by atoms with van der Waals surface area (Å²) >= 11 is 1.28. The highest BCUT2D eigenvalue weighted by atomic mass is 32.1. The first kappa shape index (κ1) is 13.2. The maximum Gasteiger partial charge on any atom is 0.134 e. The normalized spacial score (nSPS) is 12.9. The number of nitrogens with one attached hydrogen (secondary N) is 1. The Hall–Kier alpha value is -1.83. The summed E-state index contributed by atoms with van der Waals surface area (Å²) in [4.78, 5) is 0.912. The molecule has 0 spiro atoms. The molecule has 20 heavy (non-hydrogen) atoms. The van der Waals surface area contributed by atoms with Crippen LogP contribution in [0, 0.1) is 5.82 Å². The SMILES string of the molecule is CCc1nnsc1C(NN)c1cc2cc(F)ccc2o1. The average molecular weight is 292 g/mol. The molecule has 0 aliphatic rings. The molecule has 0 saturated carbocycles. The molecule has 0 aliphatic carbocycles. The number of aromatic nitrogens is 2. The molecule has 0 bridgehead atoms. The fraction of sp³-hybridized carbons (Fsp3) is 0.231. The van der Waals surface area contributed by atoms with Gasteiger partial charge in [-0.25, -0.2) is 9.82 Å². The van der Waals surface area contributed by atoms with Crippen LogP contribution in [0.5, 0.6) is 0 Å². The van der Waals surface area contributed by atoms with Crippen molar-refractivity contribution < 1.29 is 8.81 Å². The van der Waals surface area contributed by atoms with Gasteiger partial charge < -0.3 is 4.42 Å². The summed E-state index contributed by atoms with van der Waals surface area (Å²) in [6.45, 7) is 2.00. The molecule has 0 saturated heterocycles. The molecule has 1 aromatic carbocycles. The Kier molecular flexibility index (Phi) is 3.47. The Morgan fingerprint density at radius 1 is 1.45 bits per heavy atom. The van der Waals surface area contributed by atoms with E-state index in [4.69, 9.17) is 10.3 Å². The molecule has 1 unspecified atom stereocenters. The van der Waals surface area contributed by atoms with Crippen LogP contribution in [0.25, 0.3) is 11.0 Å². The number of benzene rings is 1. The molecule has 0 fully saturated rings. The molecule has 2 aromatic heterocycles. The summed E-state index contributed by atoms with van der Waals surface area (Å²) in [5.41, 5.74) is 4.22. The van der Waals surface area contributed by atoms with Crippen molar-refractivity contribution in [2.45, 2.75) is 19.4 Å². The van der Waals surface area contributed by atoms with Gasteiger partial charge in [-0.2, -0.15) is 0 Å². The Morgan fingerprint density at radius 3 is 3.05 bits per heavy atom. The summed E-state index contributed by atoms with van der Waals surface area (Å²) < 4.78 is 22.9. The number of hydrazine groups is 1. The van der Waals surface area contributed by atoms with E-state index in [9.17, 15) is 4.39 Å². The monoisotopic (exact) mass is 292 g/mol. The number of nitrogens with zero attached hydrogens (tertiary/aromatic N) is 2. The Bertz CT molecular complexity index is 739. The molecule has 0 aliphatic heterocycles. The van der Waals surface area contributed by atoms with Crippen LogP contribution in [0.4, 0.5) is 4.39 Å². The molecule has 3 rings (SSSR count). The predicted molar refractivity (Wildman–Crippen MR) is 74.6 cm³/mol. The standard InChI is InChI=1S/C13H13FN4OS/c1-2-9-13(20-18-17-9)12(16-15)11-6-7-5-8(14)3-4-10(7)19-11/h3-6,12,16H,2,15H2,1H3. The molecule has 104 valence electrons. The zero-order valence-corrected chi connectivity index (χ0v) is 11.6. The van der Waals surface area contributed by atoms with Gasteiger partial charge >= 0.3 is 0 Å². The first-order valence-corrected chi connectivity index (χ1v) is 6.96. The van der Waals surface area contributed by atoms with E-state index in [1.54, 1.807) is 12.1 Å². The maximum absolute atomic E-state index is 13.2. The third-order valence-electron chi connectivity index (χ3n) is 3.13. The highest BCUT2D eigenvalue weighted by Crippen LogP contribution is 2.31. The molecule has 0 amide bonds. The van der Waals surface area contributed by atoms with Crippen LogP contribution < -0.4 is 11.3 Å². The van der Waals surface area contributed by atoms with Gasteiger partial charge in [0.1, 0.15) is 23.2 Å². The number of halogens is 1. The van der Waals surface area contributed by atoms with E-state index in [1.165, 1.54) is 23.7 Å². The lowest BCUT2D eigenvalue weighted by Gasteiger charge is -2.11. The van der Waals surface area contributed by atoms with Crippen molar-refractivity contribution in [3.63, 3.8) is 0 Å². The number of aryl methyl sites for hydroxylation is 1. The number of fused-ring (bicyclic) bond motifs is 1. The summed E-state index contributed by atoms with van der Waals surface area (Å²) in [6.07, 6.45) is 0.763. The van der Waals surface area contributed by atoms with Gasteiger partial charge in [0.05, 0.1) is 10.6 Å². The van der Waals surface area contributed by atoms with Gasteiger partial charge in [-0.3, -0.25) is 5.84 Å². The Morgan fingerprint density at radius 2 is 2.30 bits per heavy atom. The second-order valence-electron chi connectivity index (χ2n) is 4.37. The molecule has 5 nitrogen and oxygen atoms in total. The zero-order chi connectivity index (χ0) is 14.1. The Balaban J connectivity index is 2.07. The van der Waals surface area contributed by atoms with Crippen LogP contribution in [0.3, 0.4) is 0 Å². The maximum atomic E-state index is 13.2. The van der Waals surface area contributed by atoms with Crippen molar-refractivity contribution in [2.75, 3.05) is 0 Å². The van der Waals surface area contributed by atoms with Crippen molar-refractivity contribution in [3.05, 3.63) is 46.4 Å². The smallest absolute Gasteiger partial charge is 0.134 e. The van der Waals surface area contributed by atoms with Crippen molar-refractivity contribution >= 4 is 22.5 Å². The molecule has 0 radical (unpaired) electrons. The van der Waals surface area contributed by atoms with E-state index < -0.39 is 0 Å². The minimum absolute atomic E-state index is 0.296. The summed E-state index contributed by atoms with van der Waals surface area (Å²) in [6, 6.07) is 5.85. The number of hydrogen-bond donors (Lipinski definition) is 2. The number of nitrogens with two attached hydrogens (primary N) is 1. The lowest BCUT2D eigenvalue weighted by molar-refractivity contribution is 0.479. The molecule has 1 atom stereocenters. The van der Waals surface area contributed by atoms with Crippen LogP contribution >= 0.6 is 11.5 Å². The summed E-state index contributed by atoms with van der Waals surface area (Å²) in [7, 11) is 0. The van der Waals surface area contributed by atoms with Gasteiger partial charge in [0.15, 0.2) is 0 Å². The first-order chi connectivity index (χ1) is 9.72. The minimum Gasteiger partial charge on any atom is -0.459 e. The Labute approximate surface area is 118 Å². The van der Waals surface area contributed by atoms with E-state index in [0.29, 0.717) is 16.7 Å². The van der Waals surface area contributed by atoms with Crippen molar-refractivity contribution in [1.82, 2.24) is 15.0 Å². The van der Waals surface area contributed by atoms with Gasteiger partial charge in [0.2, 0.25) is 0 Å². The van der Waals surface area contributed by atoms with Crippen molar-refractivity contribution in [1.29, 1.82) is 0 Å². The van der Waals surface area contributed by atoms with Crippen LogP contribution in [0.2, 0.25) is 0 Å². The highest BCUT2D eigenvalue weighted by molar-refractivity contribution is 7.05. The summed E-state index contributed by atoms with van der Waals surface area (Å²) in [5.74, 6) is 5.96. The van der Waals surface area contributed by atoms with E-state index >= 15 is 0 Å². The quantitative estimate of drug-likeness (QED) is 0.571.